The zero-order chi connectivity index (χ0) is 18.3. The quantitative estimate of drug-likeness (QED) is 0.466. The fourth-order valence-corrected chi connectivity index (χ4v) is 3.16. The summed E-state index contributed by atoms with van der Waals surface area (Å²) in [6.45, 7) is 1.48. The molecule has 0 unspecified atom stereocenters. The second kappa shape index (κ2) is 6.38. The van der Waals surface area contributed by atoms with E-state index < -0.39 is 5.97 Å². The Labute approximate surface area is 157 Å². The molecule has 0 saturated heterocycles. The van der Waals surface area contributed by atoms with Gasteiger partial charge in [0, 0.05) is 22.3 Å². The highest BCUT2D eigenvalue weighted by atomic mass is 79.9. The molecule has 0 N–H and O–H groups in total. The Balaban J connectivity index is 1.80. The largest absolute Gasteiger partial charge is 0.402 e. The summed E-state index contributed by atoms with van der Waals surface area (Å²) >= 11 is 3.37. The average Bonchev–Trinajstić information content (AvgIpc) is 3.16. The molecule has 5 nitrogen and oxygen atoms in total. The predicted molar refractivity (Wildman–Crippen MR) is 103 cm³/mol. The molecular formula is C20H13BrN2O3. The first kappa shape index (κ1) is 16.5. The molecule has 3 aromatic rings. The molecule has 0 aliphatic carbocycles. The van der Waals surface area contributed by atoms with Crippen molar-refractivity contribution in [3.63, 3.8) is 0 Å². The first-order chi connectivity index (χ1) is 12.5. The topological polar surface area (TPSA) is 60.7 Å². The molecule has 1 aliphatic rings. The Morgan fingerprint density at radius 1 is 1.15 bits per heavy atom. The molecular weight excluding hydrogens is 396 g/mol. The molecule has 0 radical (unpaired) electrons. The summed E-state index contributed by atoms with van der Waals surface area (Å²) in [6, 6.07) is 16.7. The van der Waals surface area contributed by atoms with E-state index >= 15 is 0 Å². The Hall–Kier alpha value is -2.99. The van der Waals surface area contributed by atoms with Gasteiger partial charge in [0.05, 0.1) is 11.2 Å². The molecule has 0 spiro atoms. The first-order valence-electron chi connectivity index (χ1n) is 7.93. The predicted octanol–water partition coefficient (Wildman–Crippen LogP) is 4.41. The second-order valence-corrected chi connectivity index (χ2v) is 6.74. The monoisotopic (exact) mass is 408 g/mol. The number of esters is 1. The van der Waals surface area contributed by atoms with Crippen molar-refractivity contribution in [2.75, 3.05) is 0 Å². The summed E-state index contributed by atoms with van der Waals surface area (Å²) in [4.78, 5) is 28.6. The van der Waals surface area contributed by atoms with Crippen molar-refractivity contribution in [1.82, 2.24) is 4.57 Å². The Kier molecular flexibility index (Phi) is 4.05. The van der Waals surface area contributed by atoms with Crippen LogP contribution in [0.5, 0.6) is 0 Å². The zero-order valence-electron chi connectivity index (χ0n) is 13.8. The summed E-state index contributed by atoms with van der Waals surface area (Å²) in [5.41, 5.74) is 2.24. The van der Waals surface area contributed by atoms with E-state index in [-0.39, 0.29) is 17.5 Å². The highest BCUT2D eigenvalue weighted by molar-refractivity contribution is 9.10. The average molecular weight is 409 g/mol. The number of fused-ring (bicyclic) bond motifs is 1. The number of para-hydroxylation sites is 1. The molecule has 6 heteroatoms. The number of carbonyl (C=O) groups is 2. The van der Waals surface area contributed by atoms with E-state index in [1.807, 2.05) is 54.6 Å². The van der Waals surface area contributed by atoms with Crippen molar-refractivity contribution in [2.45, 2.75) is 6.92 Å². The molecule has 0 fully saturated rings. The molecule has 1 aromatic heterocycles. The normalized spacial score (nSPS) is 15.4. The van der Waals surface area contributed by atoms with E-state index in [1.54, 1.807) is 10.6 Å². The number of carbonyl (C=O) groups excluding carboxylic acids is 2. The molecule has 0 atom stereocenters. The molecule has 2 aromatic carbocycles. The third kappa shape index (κ3) is 2.88. The van der Waals surface area contributed by atoms with Gasteiger partial charge in [0.15, 0.2) is 5.70 Å². The maximum absolute atomic E-state index is 12.2. The number of cyclic esters (lactones) is 1. The fourth-order valence-electron chi connectivity index (χ4n) is 2.90. The minimum atomic E-state index is -0.539. The van der Waals surface area contributed by atoms with Gasteiger partial charge in [-0.1, -0.05) is 34.1 Å². The van der Waals surface area contributed by atoms with E-state index in [0.29, 0.717) is 11.3 Å². The lowest BCUT2D eigenvalue weighted by Gasteiger charge is -2.02. The van der Waals surface area contributed by atoms with Crippen LogP contribution in [0.1, 0.15) is 23.0 Å². The molecule has 0 amide bonds. The number of rotatable bonds is 2. The summed E-state index contributed by atoms with van der Waals surface area (Å²) in [5.74, 6) is -0.427. The molecule has 0 bridgehead atoms. The van der Waals surface area contributed by atoms with Gasteiger partial charge in [0.25, 0.3) is 0 Å². The van der Waals surface area contributed by atoms with Crippen LogP contribution in [0, 0.1) is 0 Å². The van der Waals surface area contributed by atoms with Crippen LogP contribution in [-0.4, -0.2) is 22.3 Å². The molecule has 26 heavy (non-hydrogen) atoms. The van der Waals surface area contributed by atoms with Crippen molar-refractivity contribution < 1.29 is 14.3 Å². The van der Waals surface area contributed by atoms with Gasteiger partial charge in [-0.05, 0) is 42.5 Å². The van der Waals surface area contributed by atoms with E-state index in [2.05, 4.69) is 20.9 Å². The molecule has 1 aliphatic heterocycles. The molecule has 0 saturated carbocycles. The highest BCUT2D eigenvalue weighted by Crippen LogP contribution is 2.25. The van der Waals surface area contributed by atoms with Crippen LogP contribution >= 0.6 is 15.9 Å². The number of ether oxygens (including phenoxy) is 1. The standard InChI is InChI=1S/C20H13BrN2O3/c1-12(24)23-16(10-14-4-2-3-5-18(14)23)11-17-20(25)26-19(22-17)13-6-8-15(21)9-7-13/h2-11H,1H3/b17-11-. The molecule has 2 heterocycles. The Morgan fingerprint density at radius 2 is 1.88 bits per heavy atom. The molecule has 4 rings (SSSR count). The van der Waals surface area contributed by atoms with Gasteiger partial charge in [-0.25, -0.2) is 9.79 Å². The van der Waals surface area contributed by atoms with Crippen LogP contribution in [0.3, 0.4) is 0 Å². The van der Waals surface area contributed by atoms with Gasteiger partial charge in [-0.15, -0.1) is 0 Å². The Bertz CT molecular complexity index is 1110. The van der Waals surface area contributed by atoms with Gasteiger partial charge in [-0.3, -0.25) is 9.36 Å². The number of hydrogen-bond acceptors (Lipinski definition) is 4. The van der Waals surface area contributed by atoms with Gasteiger partial charge >= 0.3 is 5.97 Å². The van der Waals surface area contributed by atoms with Gasteiger partial charge < -0.3 is 4.74 Å². The maximum Gasteiger partial charge on any atom is 0.363 e. The summed E-state index contributed by atoms with van der Waals surface area (Å²) < 4.78 is 7.76. The third-order valence-electron chi connectivity index (χ3n) is 4.05. The minimum Gasteiger partial charge on any atom is -0.402 e. The SMILES string of the molecule is CC(=O)n1c(/C=C2\N=C(c3ccc(Br)cc3)OC2=O)cc2ccccc21. The van der Waals surface area contributed by atoms with Crippen LogP contribution in [0.4, 0.5) is 0 Å². The van der Waals surface area contributed by atoms with E-state index in [0.717, 1.165) is 15.4 Å². The van der Waals surface area contributed by atoms with Gasteiger partial charge in [0.1, 0.15) is 0 Å². The lowest BCUT2D eigenvalue weighted by atomic mass is 10.2. The number of aliphatic imine (C=N–C) groups is 1. The number of hydrogen-bond donors (Lipinski definition) is 0. The van der Waals surface area contributed by atoms with E-state index in [9.17, 15) is 9.59 Å². The highest BCUT2D eigenvalue weighted by Gasteiger charge is 2.25. The second-order valence-electron chi connectivity index (χ2n) is 5.83. The van der Waals surface area contributed by atoms with Crippen molar-refractivity contribution in [3.05, 3.63) is 76.0 Å². The lowest BCUT2D eigenvalue weighted by Crippen LogP contribution is -2.08. The summed E-state index contributed by atoms with van der Waals surface area (Å²) in [6.07, 6.45) is 1.58. The summed E-state index contributed by atoms with van der Waals surface area (Å²) in [7, 11) is 0. The van der Waals surface area contributed by atoms with Crippen LogP contribution in [-0.2, 0) is 9.53 Å². The van der Waals surface area contributed by atoms with Crippen molar-refractivity contribution >= 4 is 50.7 Å². The lowest BCUT2D eigenvalue weighted by molar-refractivity contribution is -0.129. The number of benzene rings is 2. The van der Waals surface area contributed by atoms with Crippen LogP contribution in [0.15, 0.2) is 69.8 Å². The number of nitrogens with zero attached hydrogens (tertiary/aromatic N) is 2. The van der Waals surface area contributed by atoms with Crippen molar-refractivity contribution in [1.29, 1.82) is 0 Å². The summed E-state index contributed by atoms with van der Waals surface area (Å²) in [5, 5.41) is 0.915. The van der Waals surface area contributed by atoms with Crippen LogP contribution < -0.4 is 0 Å². The Morgan fingerprint density at radius 3 is 2.62 bits per heavy atom. The molecule has 128 valence electrons. The zero-order valence-corrected chi connectivity index (χ0v) is 15.4. The van der Waals surface area contributed by atoms with Gasteiger partial charge in [0.2, 0.25) is 11.8 Å². The van der Waals surface area contributed by atoms with Crippen LogP contribution in [0.25, 0.3) is 17.0 Å². The smallest absolute Gasteiger partial charge is 0.363 e. The minimum absolute atomic E-state index is 0.137. The van der Waals surface area contributed by atoms with Gasteiger partial charge in [-0.2, -0.15) is 0 Å². The van der Waals surface area contributed by atoms with E-state index in [4.69, 9.17) is 4.74 Å². The van der Waals surface area contributed by atoms with Crippen molar-refractivity contribution in [2.24, 2.45) is 4.99 Å². The van der Waals surface area contributed by atoms with Crippen LogP contribution in [0.2, 0.25) is 0 Å². The third-order valence-corrected chi connectivity index (χ3v) is 4.58. The van der Waals surface area contributed by atoms with Crippen molar-refractivity contribution in [3.8, 4) is 0 Å². The first-order valence-corrected chi connectivity index (χ1v) is 8.72. The van der Waals surface area contributed by atoms with E-state index in [1.165, 1.54) is 6.92 Å². The maximum atomic E-state index is 12.2. The number of halogens is 1. The fraction of sp³-hybridized carbons (Fsp3) is 0.0500. The number of aromatic nitrogens is 1.